The number of alkyl halides is 3. The smallest absolute Gasteiger partial charge is 0.416 e. The van der Waals surface area contributed by atoms with E-state index in [-0.39, 0.29) is 17.3 Å². The molecule has 49 heavy (non-hydrogen) atoms. The second-order valence-electron chi connectivity index (χ2n) is 11.7. The Morgan fingerprint density at radius 3 is 2.47 bits per heavy atom. The van der Waals surface area contributed by atoms with Gasteiger partial charge in [-0.3, -0.25) is 4.79 Å². The zero-order chi connectivity index (χ0) is 34.7. The van der Waals surface area contributed by atoms with Crippen molar-refractivity contribution in [1.29, 1.82) is 0 Å². The summed E-state index contributed by atoms with van der Waals surface area (Å²) in [6.07, 6.45) is 0.120. The number of halogens is 3. The van der Waals surface area contributed by atoms with E-state index in [0.717, 1.165) is 54.4 Å². The Kier molecular flexibility index (Phi) is 9.58. The van der Waals surface area contributed by atoms with E-state index in [4.69, 9.17) is 24.3 Å². The van der Waals surface area contributed by atoms with Crippen molar-refractivity contribution in [3.05, 3.63) is 89.4 Å². The zero-order valence-electron chi connectivity index (χ0n) is 27.4. The number of hydrogen-bond donors (Lipinski definition) is 3. The molecule has 2 aromatic carbocycles. The van der Waals surface area contributed by atoms with Crippen molar-refractivity contribution in [2.75, 3.05) is 38.5 Å². The van der Waals surface area contributed by atoms with Crippen molar-refractivity contribution in [1.82, 2.24) is 25.1 Å². The van der Waals surface area contributed by atoms with Gasteiger partial charge in [-0.2, -0.15) is 18.3 Å². The fraction of sp³-hybridized carbons (Fsp3) is 0.314. The van der Waals surface area contributed by atoms with E-state index in [1.165, 1.54) is 13.2 Å². The maximum absolute atomic E-state index is 13.2. The highest BCUT2D eigenvalue weighted by Gasteiger charge is 2.31. The van der Waals surface area contributed by atoms with Crippen LogP contribution >= 0.6 is 0 Å². The standard InChI is InChI=1S/C35H36F3N7O4/c1-20-5-6-23(19-41-20)31-26-12-14-40-33(42-18-22-7-9-25(47-2)17-28(22)48-3)32(26)45(44-31)27-10-8-21(15-29(27)49-4)34(46)43-30-16-24(11-13-39-30)35(36,37)38/h7-17,20,23,41H,5-6,18-19H2,1-4H3,(H,40,42)(H,39,43,46)/t20-,23+/m0/s1. The van der Waals surface area contributed by atoms with Gasteiger partial charge in [0, 0.05) is 60.0 Å². The summed E-state index contributed by atoms with van der Waals surface area (Å²) in [4.78, 5) is 21.7. The van der Waals surface area contributed by atoms with Crippen LogP contribution in [0.15, 0.2) is 67.0 Å². The molecule has 0 aliphatic carbocycles. The fourth-order valence-electron chi connectivity index (χ4n) is 5.96. The van der Waals surface area contributed by atoms with E-state index < -0.39 is 17.6 Å². The Morgan fingerprint density at radius 2 is 1.76 bits per heavy atom. The minimum Gasteiger partial charge on any atom is -0.497 e. The van der Waals surface area contributed by atoms with Gasteiger partial charge in [-0.05, 0) is 68.3 Å². The molecule has 14 heteroatoms. The van der Waals surface area contributed by atoms with Crippen molar-refractivity contribution in [3.8, 4) is 22.9 Å². The van der Waals surface area contributed by atoms with E-state index in [9.17, 15) is 18.0 Å². The molecule has 11 nitrogen and oxygen atoms in total. The monoisotopic (exact) mass is 675 g/mol. The number of carbonyl (C=O) groups is 1. The van der Waals surface area contributed by atoms with Crippen molar-refractivity contribution >= 4 is 28.4 Å². The molecule has 3 aromatic heterocycles. The lowest BCUT2D eigenvalue weighted by Crippen LogP contribution is -2.36. The highest BCUT2D eigenvalue weighted by molar-refractivity contribution is 6.04. The molecule has 1 amide bonds. The molecule has 1 aliphatic rings. The number of nitrogens with zero attached hydrogens (tertiary/aromatic N) is 4. The third kappa shape index (κ3) is 7.09. The summed E-state index contributed by atoms with van der Waals surface area (Å²) in [6, 6.07) is 14.3. The maximum atomic E-state index is 13.2. The molecule has 256 valence electrons. The highest BCUT2D eigenvalue weighted by atomic mass is 19.4. The first-order valence-electron chi connectivity index (χ1n) is 15.7. The molecule has 1 fully saturated rings. The average Bonchev–Trinajstić information content (AvgIpc) is 3.50. The Labute approximate surface area is 280 Å². The van der Waals surface area contributed by atoms with E-state index in [2.05, 4.69) is 27.9 Å². The zero-order valence-corrected chi connectivity index (χ0v) is 27.4. The van der Waals surface area contributed by atoms with Gasteiger partial charge in [0.2, 0.25) is 0 Å². The van der Waals surface area contributed by atoms with E-state index in [1.54, 1.807) is 37.2 Å². The summed E-state index contributed by atoms with van der Waals surface area (Å²) in [5.74, 6) is 1.50. The SMILES string of the molecule is COc1ccc(CNc2nccc3c([C@@H]4CC[C@H](C)NC4)nn(-c4ccc(C(=O)Nc5cc(C(F)(F)F)ccn5)cc4OC)c23)c(OC)c1. The molecule has 0 saturated carbocycles. The van der Waals surface area contributed by atoms with Crippen molar-refractivity contribution in [2.24, 2.45) is 0 Å². The van der Waals surface area contributed by atoms with Crippen molar-refractivity contribution in [2.45, 2.75) is 44.4 Å². The Balaban J connectivity index is 1.38. The second-order valence-corrected chi connectivity index (χ2v) is 11.7. The molecule has 4 heterocycles. The topological polar surface area (TPSA) is 124 Å². The number of pyridine rings is 2. The van der Waals surface area contributed by atoms with Gasteiger partial charge in [-0.1, -0.05) is 0 Å². The number of rotatable bonds is 10. The molecule has 0 unspecified atom stereocenters. The van der Waals surface area contributed by atoms with Gasteiger partial charge < -0.3 is 30.2 Å². The van der Waals surface area contributed by atoms with Gasteiger partial charge in [0.25, 0.3) is 5.91 Å². The summed E-state index contributed by atoms with van der Waals surface area (Å²) >= 11 is 0. The lowest BCUT2D eigenvalue weighted by Gasteiger charge is -2.26. The summed E-state index contributed by atoms with van der Waals surface area (Å²) in [7, 11) is 4.67. The molecule has 0 spiro atoms. The molecule has 6 rings (SSSR count). The van der Waals surface area contributed by atoms with Crippen LogP contribution in [0, 0.1) is 0 Å². The number of hydrogen-bond acceptors (Lipinski definition) is 9. The molecule has 2 atom stereocenters. The number of aromatic nitrogens is 4. The molecule has 0 bridgehead atoms. The summed E-state index contributed by atoms with van der Waals surface area (Å²) < 4.78 is 58.1. The number of fused-ring (bicyclic) bond motifs is 1. The van der Waals surface area contributed by atoms with Gasteiger partial charge in [0.05, 0.1) is 32.6 Å². The molecule has 0 radical (unpaired) electrons. The molecule has 1 saturated heterocycles. The number of piperidine rings is 1. The Hall–Kier alpha value is -5.37. The quantitative estimate of drug-likeness (QED) is 0.151. The minimum atomic E-state index is -4.58. The van der Waals surface area contributed by atoms with Gasteiger partial charge in [0.1, 0.15) is 34.3 Å². The van der Waals surface area contributed by atoms with Gasteiger partial charge >= 0.3 is 6.18 Å². The van der Waals surface area contributed by atoms with Crippen LogP contribution in [-0.2, 0) is 12.7 Å². The number of benzene rings is 2. The Bertz CT molecular complexity index is 1970. The summed E-state index contributed by atoms with van der Waals surface area (Å²) in [6.45, 7) is 3.32. The van der Waals surface area contributed by atoms with Gasteiger partial charge in [-0.15, -0.1) is 0 Å². The normalized spacial score (nSPS) is 16.3. The van der Waals surface area contributed by atoms with Crippen LogP contribution in [-0.4, -0.2) is 59.6 Å². The Morgan fingerprint density at radius 1 is 0.959 bits per heavy atom. The van der Waals surface area contributed by atoms with Crippen LogP contribution in [0.4, 0.5) is 24.8 Å². The van der Waals surface area contributed by atoms with Crippen LogP contribution < -0.4 is 30.2 Å². The average molecular weight is 676 g/mol. The predicted molar refractivity (Wildman–Crippen MR) is 179 cm³/mol. The number of carbonyl (C=O) groups excluding carboxylic acids is 1. The maximum Gasteiger partial charge on any atom is 0.416 e. The molecule has 1 aliphatic heterocycles. The van der Waals surface area contributed by atoms with Crippen molar-refractivity contribution in [3.63, 3.8) is 0 Å². The molecule has 5 aromatic rings. The van der Waals surface area contributed by atoms with Gasteiger partial charge in [0.15, 0.2) is 5.82 Å². The first-order chi connectivity index (χ1) is 23.6. The third-order valence-corrected chi connectivity index (χ3v) is 8.61. The minimum absolute atomic E-state index is 0.146. The number of nitrogens with one attached hydrogen (secondary N) is 3. The summed E-state index contributed by atoms with van der Waals surface area (Å²) in [5, 5.41) is 15.5. The van der Waals surface area contributed by atoms with Gasteiger partial charge in [-0.25, -0.2) is 14.6 Å². The first-order valence-corrected chi connectivity index (χ1v) is 15.7. The second kappa shape index (κ2) is 14.0. The number of ether oxygens (including phenoxy) is 3. The highest BCUT2D eigenvalue weighted by Crippen LogP contribution is 2.37. The molecule has 3 N–H and O–H groups in total. The number of anilines is 2. The lowest BCUT2D eigenvalue weighted by molar-refractivity contribution is -0.137. The molecular weight excluding hydrogens is 639 g/mol. The lowest BCUT2D eigenvalue weighted by atomic mass is 9.91. The van der Waals surface area contributed by atoms with Crippen LogP contribution in [0.25, 0.3) is 16.6 Å². The number of methoxy groups -OCH3 is 3. The van der Waals surface area contributed by atoms with Crippen LogP contribution in [0.2, 0.25) is 0 Å². The van der Waals surface area contributed by atoms with Crippen LogP contribution in [0.5, 0.6) is 17.2 Å². The summed E-state index contributed by atoms with van der Waals surface area (Å²) in [5.41, 5.74) is 2.29. The largest absolute Gasteiger partial charge is 0.497 e. The molecular formula is C35H36F3N7O4. The first kappa shape index (κ1) is 33.5. The predicted octanol–water partition coefficient (Wildman–Crippen LogP) is 6.58. The van der Waals surface area contributed by atoms with Crippen molar-refractivity contribution < 1.29 is 32.2 Å². The number of amides is 1. The van der Waals surface area contributed by atoms with E-state index in [1.807, 2.05) is 24.3 Å². The van der Waals surface area contributed by atoms with Crippen LogP contribution in [0.3, 0.4) is 0 Å². The van der Waals surface area contributed by atoms with E-state index in [0.29, 0.717) is 46.9 Å². The van der Waals surface area contributed by atoms with Crippen LogP contribution in [0.1, 0.15) is 52.9 Å². The third-order valence-electron chi connectivity index (χ3n) is 8.61. The van der Waals surface area contributed by atoms with E-state index >= 15 is 0 Å². The fourth-order valence-corrected chi connectivity index (χ4v) is 5.96.